The van der Waals surface area contributed by atoms with Crippen molar-refractivity contribution in [3.63, 3.8) is 0 Å². The third-order valence-corrected chi connectivity index (χ3v) is 3.28. The van der Waals surface area contributed by atoms with E-state index in [2.05, 4.69) is 26.2 Å². The van der Waals surface area contributed by atoms with Crippen molar-refractivity contribution in [2.24, 2.45) is 0 Å². The molecule has 2 aromatic heterocycles. The monoisotopic (exact) mass is 321 g/mol. The summed E-state index contributed by atoms with van der Waals surface area (Å²) in [5.41, 5.74) is 1.56. The number of aromatic nitrogens is 2. The van der Waals surface area contributed by atoms with Gasteiger partial charge in [-0.3, -0.25) is 4.79 Å². The Morgan fingerprint density at radius 1 is 1.47 bits per heavy atom. The van der Waals surface area contributed by atoms with Gasteiger partial charge in [-0.25, -0.2) is 4.98 Å². The van der Waals surface area contributed by atoms with Crippen LogP contribution in [-0.2, 0) is 0 Å². The van der Waals surface area contributed by atoms with E-state index in [9.17, 15) is 4.79 Å². The number of nitrogens with one attached hydrogen (secondary N) is 1. The molecule has 0 aliphatic heterocycles. The van der Waals surface area contributed by atoms with Crippen LogP contribution in [0.25, 0.3) is 0 Å². The largest absolute Gasteiger partial charge is 0.341 e. The summed E-state index contributed by atoms with van der Waals surface area (Å²) in [4.78, 5) is 16.5. The fourth-order valence-corrected chi connectivity index (χ4v) is 2.33. The summed E-state index contributed by atoms with van der Waals surface area (Å²) in [5.74, 6) is 0.446. The number of anilines is 1. The Hall–Kier alpha value is -1.62. The first-order chi connectivity index (χ1) is 8.99. The molecule has 0 bridgehead atoms. The van der Waals surface area contributed by atoms with E-state index in [1.54, 1.807) is 6.20 Å². The van der Waals surface area contributed by atoms with Crippen LogP contribution < -0.4 is 5.32 Å². The Balaban J connectivity index is 2.23. The minimum absolute atomic E-state index is 0.142. The Morgan fingerprint density at radius 3 is 2.84 bits per heavy atom. The van der Waals surface area contributed by atoms with Crippen LogP contribution >= 0.6 is 15.9 Å². The van der Waals surface area contributed by atoms with E-state index < -0.39 is 0 Å². The molecule has 0 atom stereocenters. The number of rotatable bonds is 3. The molecule has 0 fully saturated rings. The molecule has 5 heteroatoms. The predicted molar refractivity (Wildman–Crippen MR) is 79.4 cm³/mol. The van der Waals surface area contributed by atoms with Crippen LogP contribution in [0.15, 0.2) is 35.1 Å². The van der Waals surface area contributed by atoms with Crippen molar-refractivity contribution in [2.45, 2.75) is 26.8 Å². The number of hydrogen-bond acceptors (Lipinski definition) is 2. The van der Waals surface area contributed by atoms with Gasteiger partial charge in [0.25, 0.3) is 5.91 Å². The molecule has 0 radical (unpaired) electrons. The Kier molecular flexibility index (Phi) is 4.04. The molecule has 4 nitrogen and oxygen atoms in total. The van der Waals surface area contributed by atoms with E-state index in [1.807, 2.05) is 49.7 Å². The van der Waals surface area contributed by atoms with Crippen molar-refractivity contribution in [1.82, 2.24) is 9.55 Å². The Labute approximate surface area is 121 Å². The molecule has 0 saturated carbocycles. The molecule has 0 saturated heterocycles. The van der Waals surface area contributed by atoms with E-state index in [1.165, 1.54) is 0 Å². The molecule has 2 aromatic rings. The highest BCUT2D eigenvalue weighted by molar-refractivity contribution is 9.10. The van der Waals surface area contributed by atoms with E-state index in [0.29, 0.717) is 11.5 Å². The lowest BCUT2D eigenvalue weighted by atomic mass is 10.3. The lowest BCUT2D eigenvalue weighted by Gasteiger charge is -2.13. The zero-order valence-corrected chi connectivity index (χ0v) is 12.7. The van der Waals surface area contributed by atoms with Crippen molar-refractivity contribution >= 4 is 27.7 Å². The van der Waals surface area contributed by atoms with Gasteiger partial charge in [-0.05, 0) is 60.5 Å². The zero-order chi connectivity index (χ0) is 14.0. The second-order valence-corrected chi connectivity index (χ2v) is 5.58. The highest BCUT2D eigenvalue weighted by atomic mass is 79.9. The number of hydrogen-bond donors (Lipinski definition) is 1. The van der Waals surface area contributed by atoms with Crippen molar-refractivity contribution in [2.75, 3.05) is 5.32 Å². The van der Waals surface area contributed by atoms with Crippen LogP contribution in [0.5, 0.6) is 0 Å². The molecule has 0 aromatic carbocycles. The first-order valence-corrected chi connectivity index (χ1v) is 6.88. The SMILES string of the molecule is Cc1cc(Br)cnc1NC(=O)c1cccn1C(C)C. The Morgan fingerprint density at radius 2 is 2.21 bits per heavy atom. The summed E-state index contributed by atoms with van der Waals surface area (Å²) in [7, 11) is 0. The molecule has 2 rings (SSSR count). The minimum atomic E-state index is -0.142. The quantitative estimate of drug-likeness (QED) is 0.934. The van der Waals surface area contributed by atoms with Crippen molar-refractivity contribution < 1.29 is 4.79 Å². The summed E-state index contributed by atoms with van der Waals surface area (Å²) >= 11 is 3.35. The van der Waals surface area contributed by atoms with Crippen molar-refractivity contribution in [3.05, 3.63) is 46.3 Å². The van der Waals surface area contributed by atoms with Gasteiger partial charge in [0.15, 0.2) is 0 Å². The van der Waals surface area contributed by atoms with Crippen LogP contribution in [0.3, 0.4) is 0 Å². The third kappa shape index (κ3) is 3.04. The summed E-state index contributed by atoms with van der Waals surface area (Å²) in [6.07, 6.45) is 3.57. The van der Waals surface area contributed by atoms with Crippen LogP contribution in [-0.4, -0.2) is 15.5 Å². The second-order valence-electron chi connectivity index (χ2n) is 4.67. The van der Waals surface area contributed by atoms with Gasteiger partial charge in [-0.2, -0.15) is 0 Å². The summed E-state index contributed by atoms with van der Waals surface area (Å²) < 4.78 is 2.83. The lowest BCUT2D eigenvalue weighted by molar-refractivity contribution is 0.101. The summed E-state index contributed by atoms with van der Waals surface area (Å²) in [6.45, 7) is 5.99. The Bertz CT molecular complexity index is 604. The molecule has 100 valence electrons. The standard InChI is InChI=1S/C14H16BrN3O/c1-9(2)18-6-4-5-12(18)14(19)17-13-10(3)7-11(15)8-16-13/h4-9H,1-3H3,(H,16,17,19). The molecule has 0 unspecified atom stereocenters. The van der Waals surface area contributed by atoms with Crippen LogP contribution in [0.1, 0.15) is 35.9 Å². The summed E-state index contributed by atoms with van der Waals surface area (Å²) in [6, 6.07) is 5.85. The zero-order valence-electron chi connectivity index (χ0n) is 11.1. The molecule has 0 aliphatic rings. The highest BCUT2D eigenvalue weighted by Gasteiger charge is 2.14. The molecule has 2 heterocycles. The normalized spacial score (nSPS) is 10.8. The molecular weight excluding hydrogens is 306 g/mol. The number of carbonyl (C=O) groups is 1. The van der Waals surface area contributed by atoms with E-state index in [-0.39, 0.29) is 11.9 Å². The van der Waals surface area contributed by atoms with Crippen LogP contribution in [0, 0.1) is 6.92 Å². The van der Waals surface area contributed by atoms with Gasteiger partial charge in [-0.15, -0.1) is 0 Å². The van der Waals surface area contributed by atoms with E-state index >= 15 is 0 Å². The van der Waals surface area contributed by atoms with Gasteiger partial charge in [0.05, 0.1) is 0 Å². The topological polar surface area (TPSA) is 46.9 Å². The molecule has 0 aliphatic carbocycles. The van der Waals surface area contributed by atoms with Crippen molar-refractivity contribution in [1.29, 1.82) is 0 Å². The smallest absolute Gasteiger partial charge is 0.273 e. The van der Waals surface area contributed by atoms with Gasteiger partial charge in [0.1, 0.15) is 11.5 Å². The maximum absolute atomic E-state index is 12.3. The van der Waals surface area contributed by atoms with E-state index in [4.69, 9.17) is 0 Å². The number of nitrogens with zero attached hydrogens (tertiary/aromatic N) is 2. The van der Waals surface area contributed by atoms with Gasteiger partial charge in [-0.1, -0.05) is 0 Å². The van der Waals surface area contributed by atoms with E-state index in [0.717, 1.165) is 10.0 Å². The number of carbonyl (C=O) groups excluding carboxylic acids is 1. The number of amides is 1. The van der Waals surface area contributed by atoms with Gasteiger partial charge < -0.3 is 9.88 Å². The van der Waals surface area contributed by atoms with Gasteiger partial charge in [0, 0.05) is 22.9 Å². The fraction of sp³-hybridized carbons (Fsp3) is 0.286. The minimum Gasteiger partial charge on any atom is -0.341 e. The highest BCUT2D eigenvalue weighted by Crippen LogP contribution is 2.18. The summed E-state index contributed by atoms with van der Waals surface area (Å²) in [5, 5.41) is 2.84. The number of aryl methyl sites for hydroxylation is 1. The average molecular weight is 322 g/mol. The predicted octanol–water partition coefficient (Wildman–Crippen LogP) is 3.79. The number of halogens is 1. The lowest BCUT2D eigenvalue weighted by Crippen LogP contribution is -2.19. The van der Waals surface area contributed by atoms with Crippen LogP contribution in [0.2, 0.25) is 0 Å². The molecule has 19 heavy (non-hydrogen) atoms. The fourth-order valence-electron chi connectivity index (χ4n) is 1.88. The second kappa shape index (κ2) is 5.57. The first kappa shape index (κ1) is 13.8. The van der Waals surface area contributed by atoms with Crippen molar-refractivity contribution in [3.8, 4) is 0 Å². The molecular formula is C14H16BrN3O. The van der Waals surface area contributed by atoms with Gasteiger partial charge in [0.2, 0.25) is 0 Å². The maximum atomic E-state index is 12.3. The van der Waals surface area contributed by atoms with Gasteiger partial charge >= 0.3 is 0 Å². The molecule has 1 amide bonds. The molecule has 0 spiro atoms. The number of pyridine rings is 1. The maximum Gasteiger partial charge on any atom is 0.273 e. The third-order valence-electron chi connectivity index (χ3n) is 2.84. The first-order valence-electron chi connectivity index (χ1n) is 6.09. The van der Waals surface area contributed by atoms with Crippen LogP contribution in [0.4, 0.5) is 5.82 Å². The molecule has 1 N–H and O–H groups in total. The average Bonchev–Trinajstić information content (AvgIpc) is 2.82.